The van der Waals surface area contributed by atoms with Crippen LogP contribution in [0.5, 0.6) is 0 Å². The molecule has 1 aliphatic carbocycles. The number of hydrogen-bond donors (Lipinski definition) is 4. The number of carbonyl (C=O) groups excluding carboxylic acids is 1. The number of rotatable bonds is 8. The van der Waals surface area contributed by atoms with Crippen molar-refractivity contribution < 1.29 is 10.0 Å². The summed E-state index contributed by atoms with van der Waals surface area (Å²) in [5, 5.41) is 11.0. The van der Waals surface area contributed by atoms with E-state index in [2.05, 4.69) is 58.3 Å². The number of carbonyl (C=O) groups is 1. The summed E-state index contributed by atoms with van der Waals surface area (Å²) >= 11 is 12.4. The van der Waals surface area contributed by atoms with Gasteiger partial charge in [0, 0.05) is 48.0 Å². The van der Waals surface area contributed by atoms with E-state index < -0.39 is 5.91 Å². The summed E-state index contributed by atoms with van der Waals surface area (Å²) in [6.07, 6.45) is 8.03. The van der Waals surface area contributed by atoms with Gasteiger partial charge in [-0.25, -0.2) is 5.48 Å². The first-order chi connectivity index (χ1) is 17.4. The van der Waals surface area contributed by atoms with Crippen molar-refractivity contribution in [2.75, 3.05) is 6.54 Å². The highest BCUT2D eigenvalue weighted by atomic mass is 35.5. The van der Waals surface area contributed by atoms with Crippen LogP contribution in [0.4, 0.5) is 0 Å². The lowest BCUT2D eigenvalue weighted by atomic mass is 10.0. The molecule has 4 N–H and O–H groups in total. The highest BCUT2D eigenvalue weighted by Gasteiger charge is 2.28. The number of aryl methyl sites for hydroxylation is 2. The average molecular weight is 523 g/mol. The lowest BCUT2D eigenvalue weighted by Crippen LogP contribution is -2.29. The molecule has 36 heavy (non-hydrogen) atoms. The molecule has 4 aromatic rings. The van der Waals surface area contributed by atoms with Crippen molar-refractivity contribution in [3.05, 3.63) is 98.4 Å². The Kier molecular flexibility index (Phi) is 7.21. The lowest BCUT2D eigenvalue weighted by molar-refractivity contribution is -0.124. The molecule has 0 saturated carbocycles. The van der Waals surface area contributed by atoms with Crippen molar-refractivity contribution in [3.8, 4) is 0 Å². The Balaban J connectivity index is 1.40. The topological polar surface area (TPSA) is 84.2 Å². The van der Waals surface area contributed by atoms with Crippen molar-refractivity contribution in [1.82, 2.24) is 20.3 Å². The van der Waals surface area contributed by atoms with Crippen molar-refractivity contribution >= 4 is 46.1 Å². The highest BCUT2D eigenvalue weighted by molar-refractivity contribution is 6.41. The average Bonchev–Trinajstić information content (AvgIpc) is 3.56. The van der Waals surface area contributed by atoms with Crippen LogP contribution in [0, 0.1) is 6.92 Å². The zero-order valence-electron chi connectivity index (χ0n) is 19.9. The summed E-state index contributed by atoms with van der Waals surface area (Å²) in [7, 11) is 0. The van der Waals surface area contributed by atoms with Gasteiger partial charge in [-0.2, -0.15) is 0 Å². The molecule has 0 radical (unpaired) electrons. The van der Waals surface area contributed by atoms with Gasteiger partial charge in [-0.05, 0) is 72.2 Å². The second-order valence-electron chi connectivity index (χ2n) is 9.36. The number of nitrogens with zero attached hydrogens (tertiary/aromatic N) is 1. The van der Waals surface area contributed by atoms with Crippen LogP contribution in [-0.2, 0) is 24.2 Å². The van der Waals surface area contributed by atoms with E-state index in [0.717, 1.165) is 37.1 Å². The van der Waals surface area contributed by atoms with Gasteiger partial charge in [-0.15, -0.1) is 0 Å². The summed E-state index contributed by atoms with van der Waals surface area (Å²) in [6, 6.07) is 15.0. The molecule has 0 saturated heterocycles. The second-order valence-corrected chi connectivity index (χ2v) is 10.1. The van der Waals surface area contributed by atoms with Crippen molar-refractivity contribution in [2.45, 2.75) is 38.8 Å². The Hall–Kier alpha value is -3.03. The molecule has 0 bridgehead atoms. The Morgan fingerprint density at radius 3 is 2.86 bits per heavy atom. The molecule has 1 amide bonds. The van der Waals surface area contributed by atoms with E-state index >= 15 is 0 Å². The van der Waals surface area contributed by atoms with E-state index in [1.54, 1.807) is 11.6 Å². The van der Waals surface area contributed by atoms with Gasteiger partial charge in [0.25, 0.3) is 5.91 Å². The van der Waals surface area contributed by atoms with Gasteiger partial charge in [0.2, 0.25) is 0 Å². The predicted octanol–water partition coefficient (Wildman–Crippen LogP) is 6.36. The zero-order chi connectivity index (χ0) is 25.2. The van der Waals surface area contributed by atoms with E-state index in [1.165, 1.54) is 39.2 Å². The zero-order valence-corrected chi connectivity index (χ0v) is 21.5. The summed E-state index contributed by atoms with van der Waals surface area (Å²) in [4.78, 5) is 20.5. The minimum absolute atomic E-state index is 0.257. The summed E-state index contributed by atoms with van der Waals surface area (Å²) in [5.74, 6) is -0.546. The maximum atomic E-state index is 11.3. The van der Waals surface area contributed by atoms with Crippen LogP contribution in [0.25, 0.3) is 17.0 Å². The maximum Gasteiger partial charge on any atom is 0.267 e. The number of hydrogen-bond acceptors (Lipinski definition) is 3. The Morgan fingerprint density at radius 2 is 2.08 bits per heavy atom. The van der Waals surface area contributed by atoms with Crippen LogP contribution >= 0.6 is 23.2 Å². The molecule has 6 nitrogen and oxygen atoms in total. The molecular weight excluding hydrogens is 495 g/mol. The highest BCUT2D eigenvalue weighted by Crippen LogP contribution is 2.38. The second kappa shape index (κ2) is 10.5. The summed E-state index contributed by atoms with van der Waals surface area (Å²) in [6.45, 7) is 3.68. The monoisotopic (exact) mass is 522 g/mol. The molecule has 1 atom stereocenters. The number of aromatic amines is 2. The number of halogens is 2. The number of hydroxylamine groups is 1. The number of benzene rings is 2. The quantitative estimate of drug-likeness (QED) is 0.123. The predicted molar refractivity (Wildman–Crippen MR) is 144 cm³/mol. The Labute approximate surface area is 219 Å². The minimum atomic E-state index is -0.546. The van der Waals surface area contributed by atoms with E-state index in [0.29, 0.717) is 16.7 Å². The number of fused-ring (bicyclic) bond motifs is 2. The fourth-order valence-corrected chi connectivity index (χ4v) is 5.54. The Bertz CT molecular complexity index is 1420. The number of H-pyrrole nitrogens is 2. The first kappa shape index (κ1) is 24.7. The van der Waals surface area contributed by atoms with Crippen molar-refractivity contribution in [1.29, 1.82) is 0 Å². The van der Waals surface area contributed by atoms with Gasteiger partial charge < -0.3 is 9.97 Å². The molecule has 2 heterocycles. The fraction of sp³-hybridized carbons (Fsp3) is 0.250. The van der Waals surface area contributed by atoms with E-state index in [-0.39, 0.29) is 6.04 Å². The standard InChI is InChI=1S/C28H28Cl2N4O2/c1-17-2-6-22-20(15-31-25(22)12-17)10-11-34(16-21-14-24(29)28(30)32-21)26-8-5-19-13-18(3-7-23(19)26)4-9-27(35)33-36/h2-4,6-7,9,12-15,26,31-32,36H,5,8,10-11,16H2,1H3,(H,33,35)/b9-4+. The molecule has 0 aliphatic heterocycles. The van der Waals surface area contributed by atoms with Crippen LogP contribution in [0.3, 0.4) is 0 Å². The number of aromatic nitrogens is 2. The van der Waals surface area contributed by atoms with Gasteiger partial charge in [0.05, 0.1) is 5.02 Å². The van der Waals surface area contributed by atoms with E-state index in [4.69, 9.17) is 28.4 Å². The normalized spacial score (nSPS) is 15.3. The molecule has 5 rings (SSSR count). The number of amides is 1. The largest absolute Gasteiger partial charge is 0.361 e. The van der Waals surface area contributed by atoms with Crippen LogP contribution in [0.15, 0.2) is 54.7 Å². The molecule has 2 aromatic carbocycles. The molecule has 1 unspecified atom stereocenters. The fourth-order valence-electron chi connectivity index (χ4n) is 5.18. The maximum absolute atomic E-state index is 11.3. The van der Waals surface area contributed by atoms with Crippen LogP contribution < -0.4 is 5.48 Å². The Morgan fingerprint density at radius 1 is 1.22 bits per heavy atom. The molecule has 2 aromatic heterocycles. The molecule has 8 heteroatoms. The number of nitrogens with one attached hydrogen (secondary N) is 3. The lowest BCUT2D eigenvalue weighted by Gasteiger charge is -2.29. The van der Waals surface area contributed by atoms with E-state index in [9.17, 15) is 4.79 Å². The van der Waals surface area contributed by atoms with Crippen LogP contribution in [-0.4, -0.2) is 32.5 Å². The van der Waals surface area contributed by atoms with Gasteiger partial charge in [-0.3, -0.25) is 14.9 Å². The molecule has 186 valence electrons. The molecule has 0 spiro atoms. The first-order valence-corrected chi connectivity index (χ1v) is 12.8. The van der Waals surface area contributed by atoms with Crippen LogP contribution in [0.2, 0.25) is 10.2 Å². The smallest absolute Gasteiger partial charge is 0.267 e. The third kappa shape index (κ3) is 5.22. The van der Waals surface area contributed by atoms with E-state index in [1.807, 2.05) is 12.1 Å². The van der Waals surface area contributed by atoms with Crippen molar-refractivity contribution in [2.24, 2.45) is 0 Å². The van der Waals surface area contributed by atoms with Crippen molar-refractivity contribution in [3.63, 3.8) is 0 Å². The SMILES string of the molecule is Cc1ccc2c(CCN(Cc3cc(Cl)c(Cl)[nH]3)C3CCc4cc(/C=C/C(=O)NO)ccc43)c[nH]c2c1. The van der Waals surface area contributed by atoms with Gasteiger partial charge in [-0.1, -0.05) is 53.5 Å². The molecule has 0 fully saturated rings. The summed E-state index contributed by atoms with van der Waals surface area (Å²) < 4.78 is 0. The minimum Gasteiger partial charge on any atom is -0.361 e. The van der Waals surface area contributed by atoms with Gasteiger partial charge >= 0.3 is 0 Å². The van der Waals surface area contributed by atoms with Crippen LogP contribution in [0.1, 0.15) is 46.0 Å². The third-order valence-electron chi connectivity index (χ3n) is 6.94. The summed E-state index contributed by atoms with van der Waals surface area (Å²) in [5.41, 5.74) is 9.84. The molecular formula is C28H28Cl2N4O2. The molecule has 1 aliphatic rings. The first-order valence-electron chi connectivity index (χ1n) is 12.0. The van der Waals surface area contributed by atoms with Gasteiger partial charge in [0.15, 0.2) is 0 Å². The third-order valence-corrected chi connectivity index (χ3v) is 7.63. The van der Waals surface area contributed by atoms with Gasteiger partial charge in [0.1, 0.15) is 5.15 Å².